The van der Waals surface area contributed by atoms with E-state index in [-0.39, 0.29) is 10.6 Å². The Labute approximate surface area is 107 Å². The van der Waals surface area contributed by atoms with Crippen molar-refractivity contribution in [1.29, 1.82) is 0 Å². The Morgan fingerprint density at radius 2 is 2.18 bits per heavy atom. The zero-order chi connectivity index (χ0) is 12.8. The molecule has 0 heterocycles. The van der Waals surface area contributed by atoms with Crippen molar-refractivity contribution >= 4 is 17.2 Å². The van der Waals surface area contributed by atoms with Gasteiger partial charge in [-0.25, -0.2) is 4.39 Å². The molecule has 0 saturated carbocycles. The van der Waals surface area contributed by atoms with Crippen molar-refractivity contribution in [2.24, 2.45) is 11.7 Å². The lowest BCUT2D eigenvalue weighted by Crippen LogP contribution is -2.11. The number of benzene rings is 1. The Kier molecular flexibility index (Phi) is 5.35. The molecule has 1 aromatic carbocycles. The maximum absolute atomic E-state index is 13.5. The second-order valence-corrected chi connectivity index (χ2v) is 4.83. The van der Waals surface area contributed by atoms with E-state index in [1.54, 1.807) is 12.1 Å². The van der Waals surface area contributed by atoms with Crippen molar-refractivity contribution < 1.29 is 9.13 Å². The highest BCUT2D eigenvalue weighted by Crippen LogP contribution is 2.17. The van der Waals surface area contributed by atoms with Crippen molar-refractivity contribution in [2.75, 3.05) is 6.61 Å². The Balaban J connectivity index is 2.50. The number of ether oxygens (including phenoxy) is 1. The fraction of sp³-hybridized carbons (Fsp3) is 0.462. The first-order valence-electron chi connectivity index (χ1n) is 5.73. The van der Waals surface area contributed by atoms with Gasteiger partial charge in [0.2, 0.25) is 0 Å². The van der Waals surface area contributed by atoms with E-state index in [0.717, 1.165) is 12.8 Å². The topological polar surface area (TPSA) is 35.2 Å². The first-order chi connectivity index (χ1) is 8.00. The second-order valence-electron chi connectivity index (χ2n) is 4.39. The van der Waals surface area contributed by atoms with E-state index in [2.05, 4.69) is 13.8 Å². The number of halogens is 1. The number of hydrogen-bond donors (Lipinski definition) is 1. The normalized spacial score (nSPS) is 10.6. The van der Waals surface area contributed by atoms with Crippen LogP contribution in [-0.2, 0) is 0 Å². The summed E-state index contributed by atoms with van der Waals surface area (Å²) in [6.45, 7) is 4.93. The molecule has 0 aliphatic rings. The summed E-state index contributed by atoms with van der Waals surface area (Å²) in [7, 11) is 0. The van der Waals surface area contributed by atoms with Crippen LogP contribution < -0.4 is 10.5 Å². The molecule has 0 fully saturated rings. The van der Waals surface area contributed by atoms with Gasteiger partial charge in [0.25, 0.3) is 0 Å². The number of hydrogen-bond acceptors (Lipinski definition) is 2. The van der Waals surface area contributed by atoms with Crippen LogP contribution in [0.5, 0.6) is 5.75 Å². The van der Waals surface area contributed by atoms with Gasteiger partial charge in [-0.15, -0.1) is 0 Å². The molecule has 0 aliphatic heterocycles. The summed E-state index contributed by atoms with van der Waals surface area (Å²) in [6, 6.07) is 4.56. The quantitative estimate of drug-likeness (QED) is 0.626. The largest absolute Gasteiger partial charge is 0.493 e. The van der Waals surface area contributed by atoms with Crippen LogP contribution in [0.15, 0.2) is 18.2 Å². The molecule has 0 amide bonds. The predicted octanol–water partition coefficient (Wildman–Crippen LogP) is 3.27. The molecule has 2 nitrogen and oxygen atoms in total. The molecule has 0 saturated heterocycles. The summed E-state index contributed by atoms with van der Waals surface area (Å²) in [5.74, 6) is 0.748. The summed E-state index contributed by atoms with van der Waals surface area (Å²) in [4.78, 5) is 0.0638. The lowest BCUT2D eigenvalue weighted by atomic mass is 10.1. The standard InChI is InChI=1S/C13H18FNOS/c1-9(2)4-3-7-16-10-5-6-11(13(15)17)12(14)8-10/h5-6,8-9H,3-4,7H2,1-2H3,(H2,15,17). The molecule has 0 spiro atoms. The molecule has 0 aliphatic carbocycles. The lowest BCUT2D eigenvalue weighted by Gasteiger charge is -2.09. The molecule has 94 valence electrons. The minimum Gasteiger partial charge on any atom is -0.493 e. The fourth-order valence-corrected chi connectivity index (χ4v) is 1.63. The Morgan fingerprint density at radius 3 is 2.71 bits per heavy atom. The van der Waals surface area contributed by atoms with E-state index >= 15 is 0 Å². The van der Waals surface area contributed by atoms with E-state index in [4.69, 9.17) is 22.7 Å². The van der Waals surface area contributed by atoms with Crippen LogP contribution in [0.25, 0.3) is 0 Å². The van der Waals surface area contributed by atoms with Crippen LogP contribution in [0, 0.1) is 11.7 Å². The summed E-state index contributed by atoms with van der Waals surface area (Å²) >= 11 is 4.72. The number of thiocarbonyl (C=S) groups is 1. The molecule has 0 unspecified atom stereocenters. The predicted molar refractivity (Wildman–Crippen MR) is 71.9 cm³/mol. The maximum Gasteiger partial charge on any atom is 0.137 e. The third-order valence-electron chi connectivity index (χ3n) is 2.40. The zero-order valence-electron chi connectivity index (χ0n) is 10.2. The van der Waals surface area contributed by atoms with Gasteiger partial charge in [0.05, 0.1) is 6.61 Å². The molecular weight excluding hydrogens is 237 g/mol. The lowest BCUT2D eigenvalue weighted by molar-refractivity contribution is 0.296. The molecule has 1 aromatic rings. The van der Waals surface area contributed by atoms with Gasteiger partial charge in [-0.3, -0.25) is 0 Å². The van der Waals surface area contributed by atoms with Crippen molar-refractivity contribution in [3.05, 3.63) is 29.6 Å². The van der Waals surface area contributed by atoms with Crippen LogP contribution in [0.2, 0.25) is 0 Å². The van der Waals surface area contributed by atoms with Gasteiger partial charge in [0, 0.05) is 11.6 Å². The summed E-state index contributed by atoms with van der Waals surface area (Å²) in [5.41, 5.74) is 5.63. The molecule has 0 atom stereocenters. The Hall–Kier alpha value is -1.16. The minimum absolute atomic E-state index is 0.0638. The van der Waals surface area contributed by atoms with E-state index in [1.165, 1.54) is 6.07 Å². The fourth-order valence-electron chi connectivity index (χ4n) is 1.47. The van der Waals surface area contributed by atoms with Crippen molar-refractivity contribution in [3.8, 4) is 5.75 Å². The summed E-state index contributed by atoms with van der Waals surface area (Å²) in [6.07, 6.45) is 2.07. The van der Waals surface area contributed by atoms with E-state index in [0.29, 0.717) is 18.3 Å². The molecular formula is C13H18FNOS. The molecule has 0 bridgehead atoms. The average Bonchev–Trinajstić information content (AvgIpc) is 2.23. The summed E-state index contributed by atoms with van der Waals surface area (Å²) in [5, 5.41) is 0. The van der Waals surface area contributed by atoms with E-state index < -0.39 is 5.82 Å². The van der Waals surface area contributed by atoms with Gasteiger partial charge in [-0.2, -0.15) is 0 Å². The van der Waals surface area contributed by atoms with Crippen LogP contribution in [0.4, 0.5) is 4.39 Å². The first kappa shape index (κ1) is 13.9. The van der Waals surface area contributed by atoms with Gasteiger partial charge in [0.1, 0.15) is 16.6 Å². The van der Waals surface area contributed by atoms with Crippen molar-refractivity contribution in [3.63, 3.8) is 0 Å². The van der Waals surface area contributed by atoms with Crippen LogP contribution in [0.1, 0.15) is 32.3 Å². The maximum atomic E-state index is 13.5. The van der Waals surface area contributed by atoms with E-state index in [9.17, 15) is 4.39 Å². The van der Waals surface area contributed by atoms with E-state index in [1.807, 2.05) is 0 Å². The zero-order valence-corrected chi connectivity index (χ0v) is 11.0. The highest BCUT2D eigenvalue weighted by Gasteiger charge is 2.06. The molecule has 17 heavy (non-hydrogen) atoms. The third-order valence-corrected chi connectivity index (χ3v) is 2.62. The van der Waals surface area contributed by atoms with Crippen LogP contribution in [0.3, 0.4) is 0 Å². The molecule has 4 heteroatoms. The number of nitrogens with two attached hydrogens (primary N) is 1. The van der Waals surface area contributed by atoms with Gasteiger partial charge in [0.15, 0.2) is 0 Å². The van der Waals surface area contributed by atoms with Crippen molar-refractivity contribution in [1.82, 2.24) is 0 Å². The smallest absolute Gasteiger partial charge is 0.137 e. The second kappa shape index (κ2) is 6.55. The molecule has 0 aromatic heterocycles. The van der Waals surface area contributed by atoms with Gasteiger partial charge < -0.3 is 10.5 Å². The van der Waals surface area contributed by atoms with Gasteiger partial charge in [-0.1, -0.05) is 26.1 Å². The number of rotatable bonds is 6. The first-order valence-corrected chi connectivity index (χ1v) is 6.13. The third kappa shape index (κ3) is 4.69. The van der Waals surface area contributed by atoms with Crippen LogP contribution >= 0.6 is 12.2 Å². The highest BCUT2D eigenvalue weighted by atomic mass is 32.1. The van der Waals surface area contributed by atoms with Gasteiger partial charge in [-0.05, 0) is 30.9 Å². The molecule has 2 N–H and O–H groups in total. The SMILES string of the molecule is CC(C)CCCOc1ccc(C(N)=S)c(F)c1. The highest BCUT2D eigenvalue weighted by molar-refractivity contribution is 7.80. The van der Waals surface area contributed by atoms with Crippen molar-refractivity contribution in [2.45, 2.75) is 26.7 Å². The molecule has 0 radical (unpaired) electrons. The molecule has 1 rings (SSSR count). The minimum atomic E-state index is -0.432. The Morgan fingerprint density at radius 1 is 1.47 bits per heavy atom. The monoisotopic (exact) mass is 255 g/mol. The van der Waals surface area contributed by atoms with Crippen LogP contribution in [-0.4, -0.2) is 11.6 Å². The summed E-state index contributed by atoms with van der Waals surface area (Å²) < 4.78 is 18.9. The van der Waals surface area contributed by atoms with Gasteiger partial charge >= 0.3 is 0 Å². The average molecular weight is 255 g/mol. The Bertz CT molecular complexity index is 393.